The molecule has 1 unspecified atom stereocenters. The topological polar surface area (TPSA) is 155 Å². The first-order chi connectivity index (χ1) is 24.8. The zero-order valence-electron chi connectivity index (χ0n) is 30.0. The number of fused-ring (bicyclic) bond motifs is 3. The van der Waals surface area contributed by atoms with E-state index in [1.807, 2.05) is 49.4 Å². The molecule has 3 aromatic carbocycles. The van der Waals surface area contributed by atoms with E-state index in [2.05, 4.69) is 5.32 Å². The predicted molar refractivity (Wildman–Crippen MR) is 197 cm³/mol. The van der Waals surface area contributed by atoms with Crippen molar-refractivity contribution in [2.24, 2.45) is 5.92 Å². The predicted octanol–water partition coefficient (Wildman–Crippen LogP) is 5.65. The van der Waals surface area contributed by atoms with Gasteiger partial charge in [0.15, 0.2) is 5.60 Å². The molecule has 3 N–H and O–H groups in total. The van der Waals surface area contributed by atoms with Crippen LogP contribution in [0.15, 0.2) is 60.7 Å². The monoisotopic (exact) mass is 734 g/mol. The quantitative estimate of drug-likeness (QED) is 0.0627. The molecule has 0 radical (unpaired) electrons. The van der Waals surface area contributed by atoms with Crippen molar-refractivity contribution >= 4 is 43.0 Å². The maximum absolute atomic E-state index is 15.9. The van der Waals surface area contributed by atoms with E-state index in [0.29, 0.717) is 42.9 Å². The Kier molecular flexibility index (Phi) is 10.8. The fraction of sp³-hybridized carbons (Fsp3) is 0.474. The first kappa shape index (κ1) is 37.5. The van der Waals surface area contributed by atoms with E-state index in [9.17, 15) is 29.9 Å². The van der Waals surface area contributed by atoms with Crippen molar-refractivity contribution in [2.45, 2.75) is 82.5 Å². The second-order valence-electron chi connectivity index (χ2n) is 14.3. The van der Waals surface area contributed by atoms with Crippen molar-refractivity contribution < 1.29 is 38.3 Å². The number of non-ortho nitro benzene ring substituents is 1. The van der Waals surface area contributed by atoms with Crippen LogP contribution in [0.3, 0.4) is 0 Å². The number of amides is 2. The van der Waals surface area contributed by atoms with Gasteiger partial charge in [-0.3, -0.25) is 24.6 Å². The average Bonchev–Trinajstić information content (AvgIpc) is 3.53. The van der Waals surface area contributed by atoms with Crippen LogP contribution < -0.4 is 19.9 Å². The maximum atomic E-state index is 15.9. The highest BCUT2D eigenvalue weighted by Crippen LogP contribution is 2.60. The third-order valence-corrected chi connectivity index (χ3v) is 13.1. The molecule has 3 aliphatic rings. The number of aliphatic hydroxyl groups excluding tert-OH is 2. The first-order valence-electron chi connectivity index (χ1n) is 18.0. The number of nitro groups is 1. The van der Waals surface area contributed by atoms with Crippen LogP contribution in [-0.2, 0) is 32.9 Å². The second kappa shape index (κ2) is 15.0. The lowest BCUT2D eigenvalue weighted by atomic mass is 9.82. The van der Waals surface area contributed by atoms with E-state index >= 15 is 4.11 Å². The minimum Gasteiger partial charge on any atom is -0.494 e. The lowest BCUT2D eigenvalue weighted by Gasteiger charge is -2.35. The van der Waals surface area contributed by atoms with E-state index in [1.54, 1.807) is 35.9 Å². The van der Waals surface area contributed by atoms with E-state index < -0.39 is 48.4 Å². The van der Waals surface area contributed by atoms with Crippen LogP contribution in [0.5, 0.6) is 5.75 Å². The van der Waals surface area contributed by atoms with Crippen LogP contribution in [0.2, 0.25) is 18.6 Å². The summed E-state index contributed by atoms with van der Waals surface area (Å²) >= 11 is 0. The molecule has 5 atom stereocenters. The van der Waals surface area contributed by atoms with Crippen LogP contribution in [0, 0.1) is 16.0 Å². The van der Waals surface area contributed by atoms with Gasteiger partial charge in [-0.15, -0.1) is 0 Å². The number of anilines is 3. The number of nitrogens with zero attached hydrogens (tertiary/aromatic N) is 3. The molecule has 12 nitrogen and oxygen atoms in total. The van der Waals surface area contributed by atoms with Gasteiger partial charge in [0.05, 0.1) is 41.6 Å². The number of ether oxygens (including phenoxy) is 2. The number of halogens is 1. The molecule has 2 amide bonds. The fourth-order valence-corrected chi connectivity index (χ4v) is 10.9. The number of aliphatic hydroxyl groups is 2. The number of hydrogen-bond donors (Lipinski definition) is 3. The smallest absolute Gasteiger partial charge is 0.269 e. The van der Waals surface area contributed by atoms with Crippen LogP contribution >= 0.6 is 0 Å². The summed E-state index contributed by atoms with van der Waals surface area (Å²) in [5.74, 6) is -0.464. The molecular weight excluding hydrogens is 688 g/mol. The summed E-state index contributed by atoms with van der Waals surface area (Å²) in [7, 11) is -3.44. The van der Waals surface area contributed by atoms with Gasteiger partial charge in [0.25, 0.3) is 11.6 Å². The fourth-order valence-electron chi connectivity index (χ4n) is 8.36. The molecule has 1 fully saturated rings. The van der Waals surface area contributed by atoms with Gasteiger partial charge in [-0.1, -0.05) is 19.1 Å². The van der Waals surface area contributed by atoms with Crippen molar-refractivity contribution in [1.82, 2.24) is 5.32 Å². The highest BCUT2D eigenvalue weighted by molar-refractivity contribution is 6.72. The summed E-state index contributed by atoms with van der Waals surface area (Å²) < 4.78 is 28.1. The Labute approximate surface area is 303 Å². The van der Waals surface area contributed by atoms with Crippen molar-refractivity contribution in [3.63, 3.8) is 0 Å². The molecule has 3 heterocycles. The van der Waals surface area contributed by atoms with Gasteiger partial charge in [-0.25, -0.2) is 0 Å². The number of nitrogens with one attached hydrogen (secondary N) is 1. The van der Waals surface area contributed by atoms with Crippen LogP contribution in [-0.4, -0.2) is 73.9 Å². The average molecular weight is 735 g/mol. The molecule has 0 aromatic heterocycles. The Hall–Kier alpha value is -4.21. The maximum Gasteiger partial charge on any atom is 0.269 e. The molecule has 52 heavy (non-hydrogen) atoms. The van der Waals surface area contributed by atoms with Crippen LogP contribution in [0.25, 0.3) is 0 Å². The zero-order chi connectivity index (χ0) is 37.4. The van der Waals surface area contributed by atoms with Gasteiger partial charge < -0.3 is 34.0 Å². The Bertz CT molecular complexity index is 1820. The first-order valence-corrected chi connectivity index (χ1v) is 20.9. The molecule has 3 aliphatic heterocycles. The molecule has 0 bridgehead atoms. The Morgan fingerprint density at radius 2 is 1.79 bits per heavy atom. The van der Waals surface area contributed by atoms with Gasteiger partial charge in [0.1, 0.15) is 5.75 Å². The minimum absolute atomic E-state index is 0.0863. The number of rotatable bonds is 14. The Morgan fingerprint density at radius 1 is 1.06 bits per heavy atom. The molecule has 1 spiro atoms. The molecule has 0 saturated carbocycles. The lowest BCUT2D eigenvalue weighted by molar-refractivity contribution is -0.385. The largest absolute Gasteiger partial charge is 0.494 e. The van der Waals surface area contributed by atoms with Crippen molar-refractivity contribution in [1.29, 1.82) is 0 Å². The molecule has 14 heteroatoms. The van der Waals surface area contributed by atoms with Crippen LogP contribution in [0.1, 0.15) is 49.8 Å². The molecule has 0 aliphatic carbocycles. The molecule has 6 rings (SSSR count). The Morgan fingerprint density at radius 3 is 2.44 bits per heavy atom. The van der Waals surface area contributed by atoms with E-state index in [-0.39, 0.29) is 37.8 Å². The molecule has 278 valence electrons. The second-order valence-corrected chi connectivity index (χ2v) is 18.1. The van der Waals surface area contributed by atoms with Crippen molar-refractivity contribution in [2.75, 3.05) is 36.2 Å². The van der Waals surface area contributed by atoms with E-state index in [0.717, 1.165) is 29.0 Å². The van der Waals surface area contributed by atoms with Gasteiger partial charge in [0, 0.05) is 48.1 Å². The summed E-state index contributed by atoms with van der Waals surface area (Å²) in [5.41, 5.74) is 1.39. The van der Waals surface area contributed by atoms with Crippen molar-refractivity contribution in [3.05, 3.63) is 87.5 Å². The number of unbranched alkanes of at least 4 members (excludes halogenated alkanes) is 1. The number of benzene rings is 3. The van der Waals surface area contributed by atoms with E-state index in [4.69, 9.17) is 9.47 Å². The lowest BCUT2D eigenvalue weighted by Crippen LogP contribution is -2.49. The molecule has 3 aromatic rings. The molecular formula is C38H47FN4O8Si. The highest BCUT2D eigenvalue weighted by atomic mass is 28.4. The van der Waals surface area contributed by atoms with Crippen molar-refractivity contribution in [3.8, 4) is 5.75 Å². The summed E-state index contributed by atoms with van der Waals surface area (Å²) in [4.78, 5) is 43.1. The summed E-state index contributed by atoms with van der Waals surface area (Å²) in [6, 6.07) is 16.8. The van der Waals surface area contributed by atoms with Crippen LogP contribution in [0.4, 0.5) is 26.9 Å². The normalized spacial score (nSPS) is 24.1. The minimum atomic E-state index is -3.44. The van der Waals surface area contributed by atoms with E-state index in [1.165, 1.54) is 12.1 Å². The highest BCUT2D eigenvalue weighted by Gasteiger charge is 2.66. The van der Waals surface area contributed by atoms with Gasteiger partial charge in [-0.05, 0) is 99.8 Å². The summed E-state index contributed by atoms with van der Waals surface area (Å²) in [6.07, 6.45) is 1.26. The molecule has 1 saturated heterocycles. The number of hydrogen-bond acceptors (Lipinski definition) is 9. The standard InChI is InChI=1S/C38H47FN4O8Si/c1-5-50-29-13-15-32-26(20-29)21-31(40-17-6-7-18-44)36(46)42(32)27-10-8-25(9-11-27)23-41-33-14-12-28(43(48)49)22-30(33)38(37(41)47)24(2)35(52(3,4)39)34(51-38)16-19-45/h8-15,20,22,24,31,34-35,40,44-45H,5-7,16-19,21,23H2,1-4H3/t24-,31?,34+,35-,38+/m0/s1. The zero-order valence-corrected chi connectivity index (χ0v) is 31.0. The Balaban J connectivity index is 1.32. The third kappa shape index (κ3) is 6.73. The number of carbonyl (C=O) groups is 2. The third-order valence-electron chi connectivity index (χ3n) is 10.6. The summed E-state index contributed by atoms with van der Waals surface area (Å²) in [6.45, 7) is 7.84. The number of carbonyl (C=O) groups excluding carboxylic acids is 2. The summed E-state index contributed by atoms with van der Waals surface area (Å²) in [5, 5.41) is 34.3. The van der Waals surface area contributed by atoms with Gasteiger partial charge in [0.2, 0.25) is 14.3 Å². The van der Waals surface area contributed by atoms with Gasteiger partial charge in [-0.2, -0.15) is 0 Å². The van der Waals surface area contributed by atoms with Gasteiger partial charge >= 0.3 is 0 Å². The SMILES string of the molecule is CCOc1ccc2c(c1)CC(NCCCCO)C(=O)N2c1ccc(CN2C(=O)[C@]3(O[C@H](CCO)[C@@H]([Si](C)(C)F)[C@@H]3C)c3cc([N+](=O)[O-])ccc32)cc1. The number of nitro benzene ring substituents is 1.